The molecule has 2 amide bonds. The van der Waals surface area contributed by atoms with Gasteiger partial charge >= 0.3 is 6.09 Å². The first-order valence-electron chi connectivity index (χ1n) is 15.5. The van der Waals surface area contributed by atoms with Gasteiger partial charge in [-0.2, -0.15) is 0 Å². The summed E-state index contributed by atoms with van der Waals surface area (Å²) in [5.41, 5.74) is 4.47. The average Bonchev–Trinajstić information content (AvgIpc) is 3.38. The van der Waals surface area contributed by atoms with Gasteiger partial charge in [0.1, 0.15) is 12.6 Å². The first-order valence-corrected chi connectivity index (χ1v) is 17.4. The fraction of sp³-hybridized carbons (Fsp3) is 0.297. The summed E-state index contributed by atoms with van der Waals surface area (Å²) in [6, 6.07) is 35.9. The van der Waals surface area contributed by atoms with E-state index in [4.69, 9.17) is 9.16 Å². The number of carbonyl (C=O) groups excluding carboxylic acids is 2. The fourth-order valence-electron chi connectivity index (χ4n) is 6.37. The molecular weight excluding hydrogens is 581 g/mol. The van der Waals surface area contributed by atoms with Gasteiger partial charge in [-0.15, -0.1) is 0 Å². The lowest BCUT2D eigenvalue weighted by molar-refractivity contribution is -0.124. The minimum Gasteiger partial charge on any atom is -0.449 e. The van der Waals surface area contributed by atoms with Crippen molar-refractivity contribution in [1.29, 1.82) is 0 Å². The molecule has 0 aliphatic heterocycles. The summed E-state index contributed by atoms with van der Waals surface area (Å²) in [4.78, 5) is 25.6. The summed E-state index contributed by atoms with van der Waals surface area (Å²) in [6.07, 6.45) is -0.180. The van der Waals surface area contributed by atoms with Crippen LogP contribution in [0.4, 0.5) is 4.79 Å². The van der Waals surface area contributed by atoms with Gasteiger partial charge in [-0.1, -0.05) is 130 Å². The molecule has 0 radical (unpaired) electrons. The molecule has 0 fully saturated rings. The van der Waals surface area contributed by atoms with Gasteiger partial charge in [0.05, 0.1) is 6.61 Å². The number of hydrogen-bond donors (Lipinski definition) is 3. The fourth-order valence-corrected chi connectivity index (χ4v) is 11.0. The molecule has 234 valence electrons. The maximum Gasteiger partial charge on any atom is 0.407 e. The molecule has 0 aromatic heterocycles. The van der Waals surface area contributed by atoms with Gasteiger partial charge in [0.15, 0.2) is 0 Å². The van der Waals surface area contributed by atoms with Crippen molar-refractivity contribution in [3.8, 4) is 11.1 Å². The zero-order valence-electron chi connectivity index (χ0n) is 26.2. The molecule has 0 saturated heterocycles. The highest BCUT2D eigenvalue weighted by Gasteiger charge is 2.50. The van der Waals surface area contributed by atoms with Gasteiger partial charge in [0.25, 0.3) is 8.32 Å². The van der Waals surface area contributed by atoms with Crippen LogP contribution in [-0.4, -0.2) is 57.8 Å². The number of fused-ring (bicyclic) bond motifs is 3. The Bertz CT molecular complexity index is 1500. The molecule has 0 bridgehead atoms. The molecule has 0 spiro atoms. The SMILES string of the molecule is CC(C)(C)[Si](OCCCNC(=O)C(CO)NC(=O)OCC1c2ccccc2-c2ccccc21)(c1ccccc1)c1ccccc1. The lowest BCUT2D eigenvalue weighted by atomic mass is 9.98. The molecule has 1 aliphatic carbocycles. The third kappa shape index (κ3) is 6.88. The molecule has 3 N–H and O–H groups in total. The van der Waals surface area contributed by atoms with E-state index >= 15 is 0 Å². The van der Waals surface area contributed by atoms with E-state index < -0.39 is 33.0 Å². The van der Waals surface area contributed by atoms with Crippen molar-refractivity contribution in [2.45, 2.75) is 44.2 Å². The molecule has 7 nitrogen and oxygen atoms in total. The molecule has 45 heavy (non-hydrogen) atoms. The molecule has 1 aliphatic rings. The smallest absolute Gasteiger partial charge is 0.407 e. The number of aliphatic hydroxyl groups excluding tert-OH is 1. The molecule has 0 saturated carbocycles. The Morgan fingerprint density at radius 2 is 1.31 bits per heavy atom. The lowest BCUT2D eigenvalue weighted by Crippen LogP contribution is -2.66. The quantitative estimate of drug-likeness (QED) is 0.153. The standard InChI is InChI=1S/C37H42N2O5Si/c1-37(2,3)45(27-15-6-4-7-16-27,28-17-8-5-9-18-28)44-24-14-23-38-35(41)34(25-40)39-36(42)43-26-33-31-21-12-10-19-29(31)30-20-11-13-22-32(30)33/h4-13,15-22,33-34,40H,14,23-26H2,1-3H3,(H,38,41)(H,39,42). The van der Waals surface area contributed by atoms with E-state index in [1.165, 1.54) is 10.4 Å². The van der Waals surface area contributed by atoms with Gasteiger partial charge < -0.3 is 24.9 Å². The Kier molecular flexibility index (Phi) is 10.2. The Morgan fingerprint density at radius 3 is 1.82 bits per heavy atom. The van der Waals surface area contributed by atoms with Crippen LogP contribution in [-0.2, 0) is 14.0 Å². The van der Waals surface area contributed by atoms with Crippen molar-refractivity contribution in [1.82, 2.24) is 10.6 Å². The number of carbonyl (C=O) groups is 2. The van der Waals surface area contributed by atoms with E-state index in [1.807, 2.05) is 72.8 Å². The van der Waals surface area contributed by atoms with Gasteiger partial charge in [0, 0.05) is 19.1 Å². The van der Waals surface area contributed by atoms with E-state index in [9.17, 15) is 14.7 Å². The number of ether oxygens (including phenoxy) is 1. The van der Waals surface area contributed by atoms with Crippen LogP contribution in [0.15, 0.2) is 109 Å². The molecule has 4 aromatic carbocycles. The summed E-state index contributed by atoms with van der Waals surface area (Å²) in [5, 5.41) is 17.5. The van der Waals surface area contributed by atoms with Crippen LogP contribution in [0.3, 0.4) is 0 Å². The number of rotatable bonds is 12. The number of hydrogen-bond acceptors (Lipinski definition) is 5. The van der Waals surface area contributed by atoms with Crippen molar-refractivity contribution in [2.75, 3.05) is 26.4 Å². The molecular formula is C37H42N2O5Si. The maximum absolute atomic E-state index is 12.9. The van der Waals surface area contributed by atoms with Gasteiger partial charge in [-0.3, -0.25) is 4.79 Å². The van der Waals surface area contributed by atoms with Gasteiger partial charge in [-0.25, -0.2) is 4.79 Å². The highest BCUT2D eigenvalue weighted by molar-refractivity contribution is 6.99. The van der Waals surface area contributed by atoms with Crippen molar-refractivity contribution in [2.24, 2.45) is 0 Å². The summed E-state index contributed by atoms with van der Waals surface area (Å²) in [6.45, 7) is 7.02. The first kappa shape index (κ1) is 32.2. The average molecular weight is 623 g/mol. The summed E-state index contributed by atoms with van der Waals surface area (Å²) >= 11 is 0. The monoisotopic (exact) mass is 622 g/mol. The number of aliphatic hydroxyl groups is 1. The van der Waals surface area contributed by atoms with E-state index in [2.05, 4.69) is 67.8 Å². The molecule has 1 unspecified atom stereocenters. The Morgan fingerprint density at radius 1 is 0.800 bits per heavy atom. The number of amides is 2. The molecule has 1 atom stereocenters. The second kappa shape index (κ2) is 14.2. The van der Waals surface area contributed by atoms with E-state index in [0.717, 1.165) is 22.3 Å². The number of nitrogens with one attached hydrogen (secondary N) is 2. The minimum absolute atomic E-state index is 0.0971. The third-order valence-corrected chi connectivity index (χ3v) is 13.5. The zero-order chi connectivity index (χ0) is 31.9. The van der Waals surface area contributed by atoms with Crippen LogP contribution in [0.5, 0.6) is 0 Å². The molecule has 4 aromatic rings. The lowest BCUT2D eigenvalue weighted by Gasteiger charge is -2.43. The van der Waals surface area contributed by atoms with Crippen LogP contribution >= 0.6 is 0 Å². The topological polar surface area (TPSA) is 96.9 Å². The summed E-state index contributed by atoms with van der Waals surface area (Å²) in [7, 11) is -2.67. The summed E-state index contributed by atoms with van der Waals surface area (Å²) < 4.78 is 12.4. The van der Waals surface area contributed by atoms with Crippen molar-refractivity contribution in [3.63, 3.8) is 0 Å². The van der Waals surface area contributed by atoms with Crippen molar-refractivity contribution in [3.05, 3.63) is 120 Å². The number of benzene rings is 4. The van der Waals surface area contributed by atoms with Crippen LogP contribution in [0, 0.1) is 0 Å². The molecule has 5 rings (SSSR count). The third-order valence-electron chi connectivity index (χ3n) is 8.49. The predicted molar refractivity (Wildman–Crippen MR) is 180 cm³/mol. The first-order chi connectivity index (χ1) is 21.8. The van der Waals surface area contributed by atoms with E-state index in [0.29, 0.717) is 19.6 Å². The van der Waals surface area contributed by atoms with Crippen molar-refractivity contribution >= 4 is 30.7 Å². The molecule has 8 heteroatoms. The van der Waals surface area contributed by atoms with E-state index in [-0.39, 0.29) is 17.6 Å². The largest absolute Gasteiger partial charge is 0.449 e. The zero-order valence-corrected chi connectivity index (χ0v) is 27.2. The highest BCUT2D eigenvalue weighted by atomic mass is 28.4. The molecule has 0 heterocycles. The number of alkyl carbamates (subject to hydrolysis) is 1. The normalized spacial score (nSPS) is 13.4. The van der Waals surface area contributed by atoms with Gasteiger partial charge in [0.2, 0.25) is 5.91 Å². The Balaban J connectivity index is 1.14. The van der Waals surface area contributed by atoms with E-state index in [1.54, 1.807) is 0 Å². The second-order valence-corrected chi connectivity index (χ2v) is 16.7. The van der Waals surface area contributed by atoms with Crippen LogP contribution in [0.1, 0.15) is 44.2 Å². The Hall–Kier alpha value is -4.24. The van der Waals surface area contributed by atoms with Crippen molar-refractivity contribution < 1.29 is 23.9 Å². The van der Waals surface area contributed by atoms with Crippen LogP contribution in [0.25, 0.3) is 11.1 Å². The second-order valence-electron chi connectivity index (χ2n) is 12.4. The predicted octanol–water partition coefficient (Wildman–Crippen LogP) is 4.97. The minimum atomic E-state index is -2.67. The van der Waals surface area contributed by atoms with Crippen LogP contribution < -0.4 is 21.0 Å². The highest BCUT2D eigenvalue weighted by Crippen LogP contribution is 2.44. The maximum atomic E-state index is 12.9. The summed E-state index contributed by atoms with van der Waals surface area (Å²) in [5.74, 6) is -0.573. The van der Waals surface area contributed by atoms with Crippen LogP contribution in [0.2, 0.25) is 5.04 Å². The van der Waals surface area contributed by atoms with Gasteiger partial charge in [-0.05, 0) is 44.1 Å². The Labute approximate surface area is 266 Å².